The number of rotatable bonds is 6. The molecular formula is C28H23FN2O4S. The summed E-state index contributed by atoms with van der Waals surface area (Å²) in [7, 11) is 0. The van der Waals surface area contributed by atoms with Crippen LogP contribution in [0.1, 0.15) is 36.6 Å². The molecule has 1 saturated heterocycles. The Hall–Kier alpha value is -4.04. The van der Waals surface area contributed by atoms with E-state index < -0.39 is 23.5 Å². The average Bonchev–Trinajstić information content (AvgIpc) is 3.42. The molecule has 1 atom stereocenters. The lowest BCUT2D eigenvalue weighted by Gasteiger charge is -2.23. The van der Waals surface area contributed by atoms with Crippen molar-refractivity contribution < 1.29 is 23.8 Å². The number of anilines is 1. The second-order valence-electron chi connectivity index (χ2n) is 8.33. The summed E-state index contributed by atoms with van der Waals surface area (Å²) >= 11 is 1.27. The monoisotopic (exact) mass is 502 g/mol. The van der Waals surface area contributed by atoms with Gasteiger partial charge in [0.25, 0.3) is 5.78 Å². The quantitative estimate of drug-likeness (QED) is 0.198. The van der Waals surface area contributed by atoms with Crippen LogP contribution in [0.4, 0.5) is 9.52 Å². The van der Waals surface area contributed by atoms with E-state index >= 15 is 0 Å². The fraction of sp³-hybridized carbons (Fsp3) is 0.179. The summed E-state index contributed by atoms with van der Waals surface area (Å²) in [5.41, 5.74) is 2.60. The van der Waals surface area contributed by atoms with Crippen molar-refractivity contribution in [2.24, 2.45) is 0 Å². The fourth-order valence-electron chi connectivity index (χ4n) is 4.30. The lowest BCUT2D eigenvalue weighted by atomic mass is 9.94. The number of Topliss-reactive ketones (excluding diaryl/α,β-unsaturated/α-hetero) is 1. The van der Waals surface area contributed by atoms with Gasteiger partial charge in [0.1, 0.15) is 17.3 Å². The zero-order chi connectivity index (χ0) is 25.4. The molecule has 6 nitrogen and oxygen atoms in total. The zero-order valence-electron chi connectivity index (χ0n) is 19.7. The summed E-state index contributed by atoms with van der Waals surface area (Å²) in [5, 5.41) is 11.5. The van der Waals surface area contributed by atoms with Gasteiger partial charge >= 0.3 is 5.91 Å². The van der Waals surface area contributed by atoms with Crippen LogP contribution in [0.2, 0.25) is 0 Å². The molecule has 36 heavy (non-hydrogen) atoms. The molecule has 0 spiro atoms. The number of carbonyl (C=O) groups excluding carboxylic acids is 2. The first-order valence-electron chi connectivity index (χ1n) is 11.6. The van der Waals surface area contributed by atoms with Crippen LogP contribution < -0.4 is 9.64 Å². The standard InChI is InChI=1S/C28H23FN2O4S/c1-3-16-5-7-17(8-6-16)24-23(25(32)18-9-11-19(29)12-10-18)26(33)27(34)31(24)28-30-21-14-13-20(35-4-2)15-22(21)36-28/h5-15,24,32H,3-4H2,1-2H3/b25-23+. The predicted molar refractivity (Wildman–Crippen MR) is 138 cm³/mol. The highest BCUT2D eigenvalue weighted by Gasteiger charge is 2.48. The molecule has 8 heteroatoms. The van der Waals surface area contributed by atoms with E-state index in [0.29, 0.717) is 28.6 Å². The molecule has 1 N–H and O–H groups in total. The van der Waals surface area contributed by atoms with Crippen molar-refractivity contribution >= 4 is 44.1 Å². The third-order valence-corrected chi connectivity index (χ3v) is 7.15. The Bertz CT molecular complexity index is 1490. The third-order valence-electron chi connectivity index (χ3n) is 6.13. The van der Waals surface area contributed by atoms with Crippen LogP contribution in [-0.2, 0) is 16.0 Å². The number of thiazole rings is 1. The smallest absolute Gasteiger partial charge is 0.301 e. The number of benzene rings is 3. The maximum atomic E-state index is 13.5. The van der Waals surface area contributed by atoms with E-state index in [0.717, 1.165) is 16.7 Å². The van der Waals surface area contributed by atoms with Crippen molar-refractivity contribution in [2.45, 2.75) is 26.3 Å². The number of aryl methyl sites for hydroxylation is 1. The number of aliphatic hydroxyl groups is 1. The van der Waals surface area contributed by atoms with Gasteiger partial charge in [-0.15, -0.1) is 0 Å². The predicted octanol–water partition coefficient (Wildman–Crippen LogP) is 6.02. The molecule has 1 amide bonds. The summed E-state index contributed by atoms with van der Waals surface area (Å²) in [6, 6.07) is 17.3. The van der Waals surface area contributed by atoms with Crippen molar-refractivity contribution in [3.05, 3.63) is 94.8 Å². The number of fused-ring (bicyclic) bond motifs is 1. The van der Waals surface area contributed by atoms with Crippen molar-refractivity contribution in [1.82, 2.24) is 4.98 Å². The summed E-state index contributed by atoms with van der Waals surface area (Å²) in [5.74, 6) is -1.76. The highest BCUT2D eigenvalue weighted by Crippen LogP contribution is 2.44. The van der Waals surface area contributed by atoms with Crippen molar-refractivity contribution in [3.8, 4) is 5.75 Å². The van der Waals surface area contributed by atoms with Gasteiger partial charge < -0.3 is 9.84 Å². The normalized spacial score (nSPS) is 17.2. The largest absolute Gasteiger partial charge is 0.507 e. The van der Waals surface area contributed by atoms with Gasteiger partial charge in [0.05, 0.1) is 28.4 Å². The number of ketones is 1. The van der Waals surface area contributed by atoms with Crippen LogP contribution in [0.3, 0.4) is 0 Å². The van der Waals surface area contributed by atoms with E-state index in [1.54, 1.807) is 12.1 Å². The minimum absolute atomic E-state index is 0.0647. The Morgan fingerprint density at radius 3 is 2.44 bits per heavy atom. The highest BCUT2D eigenvalue weighted by molar-refractivity contribution is 7.22. The van der Waals surface area contributed by atoms with Gasteiger partial charge in [-0.2, -0.15) is 0 Å². The van der Waals surface area contributed by atoms with Crippen LogP contribution in [0.15, 0.2) is 72.3 Å². The van der Waals surface area contributed by atoms with Gasteiger partial charge in [0, 0.05) is 5.56 Å². The molecule has 1 aromatic heterocycles. The first-order chi connectivity index (χ1) is 17.4. The Morgan fingerprint density at radius 1 is 1.06 bits per heavy atom. The first kappa shape index (κ1) is 23.7. The average molecular weight is 503 g/mol. The molecule has 0 bridgehead atoms. The van der Waals surface area contributed by atoms with Crippen LogP contribution in [-0.4, -0.2) is 28.4 Å². The fourth-order valence-corrected chi connectivity index (χ4v) is 5.32. The second kappa shape index (κ2) is 9.54. The number of ether oxygens (including phenoxy) is 1. The van der Waals surface area contributed by atoms with Crippen molar-refractivity contribution in [1.29, 1.82) is 0 Å². The molecule has 0 radical (unpaired) electrons. The van der Waals surface area contributed by atoms with E-state index in [9.17, 15) is 19.1 Å². The van der Waals surface area contributed by atoms with Crippen LogP contribution >= 0.6 is 11.3 Å². The van der Waals surface area contributed by atoms with Gasteiger partial charge in [0.15, 0.2) is 5.13 Å². The van der Waals surface area contributed by atoms with Crippen LogP contribution in [0.25, 0.3) is 16.0 Å². The Kier molecular flexibility index (Phi) is 6.28. The van der Waals surface area contributed by atoms with E-state index in [-0.39, 0.29) is 16.9 Å². The molecular weight excluding hydrogens is 479 g/mol. The second-order valence-corrected chi connectivity index (χ2v) is 9.34. The highest BCUT2D eigenvalue weighted by atomic mass is 32.1. The molecule has 5 rings (SSSR count). The number of amides is 1. The van der Waals surface area contributed by atoms with E-state index in [4.69, 9.17) is 4.74 Å². The summed E-state index contributed by atoms with van der Waals surface area (Å²) < 4.78 is 19.9. The number of nitrogens with zero attached hydrogens (tertiary/aromatic N) is 2. The molecule has 1 unspecified atom stereocenters. The molecule has 1 fully saturated rings. The Morgan fingerprint density at radius 2 is 1.78 bits per heavy atom. The Balaban J connectivity index is 1.68. The van der Waals surface area contributed by atoms with E-state index in [1.807, 2.05) is 44.2 Å². The Labute approximate surface area is 211 Å². The molecule has 1 aliphatic heterocycles. The minimum Gasteiger partial charge on any atom is -0.507 e. The minimum atomic E-state index is -0.895. The van der Waals surface area contributed by atoms with Gasteiger partial charge in [-0.1, -0.05) is 42.5 Å². The summed E-state index contributed by atoms with van der Waals surface area (Å²) in [4.78, 5) is 32.6. The van der Waals surface area contributed by atoms with Crippen LogP contribution in [0, 0.1) is 5.82 Å². The van der Waals surface area contributed by atoms with Crippen molar-refractivity contribution in [3.63, 3.8) is 0 Å². The lowest BCUT2D eigenvalue weighted by molar-refractivity contribution is -0.132. The third kappa shape index (κ3) is 4.13. The van der Waals surface area contributed by atoms with Gasteiger partial charge in [-0.25, -0.2) is 9.37 Å². The van der Waals surface area contributed by atoms with Gasteiger partial charge in [-0.3, -0.25) is 14.5 Å². The maximum Gasteiger partial charge on any atom is 0.301 e. The molecule has 0 saturated carbocycles. The van der Waals surface area contributed by atoms with Gasteiger partial charge in [-0.05, 0) is 66.9 Å². The zero-order valence-corrected chi connectivity index (χ0v) is 20.5. The molecule has 3 aromatic carbocycles. The summed E-state index contributed by atoms with van der Waals surface area (Å²) in [6.45, 7) is 4.45. The number of carbonyl (C=O) groups is 2. The first-order valence-corrected chi connectivity index (χ1v) is 12.4. The number of hydrogen-bond donors (Lipinski definition) is 1. The number of hydrogen-bond acceptors (Lipinski definition) is 6. The SMILES string of the molecule is CCOc1ccc2nc(N3C(=O)C(=O)/C(=C(/O)c4ccc(F)cc4)C3c3ccc(CC)cc3)sc2c1. The maximum absolute atomic E-state index is 13.5. The number of halogens is 1. The summed E-state index contributed by atoms with van der Waals surface area (Å²) in [6.07, 6.45) is 0.829. The van der Waals surface area contributed by atoms with E-state index in [1.165, 1.54) is 40.5 Å². The van der Waals surface area contributed by atoms with Crippen molar-refractivity contribution in [2.75, 3.05) is 11.5 Å². The molecule has 2 heterocycles. The molecule has 0 aliphatic carbocycles. The number of aromatic nitrogens is 1. The van der Waals surface area contributed by atoms with Gasteiger partial charge in [0.2, 0.25) is 0 Å². The molecule has 4 aromatic rings. The lowest BCUT2D eigenvalue weighted by Crippen LogP contribution is -2.29. The molecule has 182 valence electrons. The molecule has 1 aliphatic rings. The van der Waals surface area contributed by atoms with Crippen LogP contribution in [0.5, 0.6) is 5.75 Å². The topological polar surface area (TPSA) is 79.7 Å². The number of aliphatic hydroxyl groups excluding tert-OH is 1. The van der Waals surface area contributed by atoms with E-state index in [2.05, 4.69) is 4.98 Å².